The predicted octanol–water partition coefficient (Wildman–Crippen LogP) is 3.46. The number of aryl methyl sites for hydroxylation is 1. The van der Waals surface area contributed by atoms with E-state index in [2.05, 4.69) is 10.3 Å². The molecule has 1 aliphatic carbocycles. The number of carbonyl (C=O) groups is 2. The molecule has 5 heteroatoms. The fraction of sp³-hybridized carbons (Fsp3) is 0.381. The van der Waals surface area contributed by atoms with Gasteiger partial charge >= 0.3 is 0 Å². The largest absolute Gasteiger partial charge is 0.477 e. The van der Waals surface area contributed by atoms with Gasteiger partial charge in [0.1, 0.15) is 0 Å². The summed E-state index contributed by atoms with van der Waals surface area (Å²) >= 11 is 0. The molecule has 0 bridgehead atoms. The van der Waals surface area contributed by atoms with E-state index in [0.29, 0.717) is 23.9 Å². The monoisotopic (exact) mass is 352 g/mol. The van der Waals surface area contributed by atoms with E-state index in [9.17, 15) is 9.59 Å². The Bertz CT molecular complexity index is 750. The third-order valence-electron chi connectivity index (χ3n) is 4.40. The lowest BCUT2D eigenvalue weighted by Gasteiger charge is -2.07. The molecule has 0 saturated heterocycles. The number of Topliss-reactive ketones (excluding diaryl/α,β-unsaturated/α-hetero) is 1. The van der Waals surface area contributed by atoms with Crippen LogP contribution in [0, 0.1) is 12.8 Å². The Kier molecular flexibility index (Phi) is 6.00. The van der Waals surface area contributed by atoms with E-state index in [-0.39, 0.29) is 24.5 Å². The number of hydrogen-bond acceptors (Lipinski definition) is 4. The number of aromatic nitrogens is 1. The van der Waals surface area contributed by atoms with Gasteiger partial charge in [-0.15, -0.1) is 0 Å². The number of nitrogens with zero attached hydrogens (tertiary/aromatic N) is 1. The lowest BCUT2D eigenvalue weighted by atomic mass is 10.0. The Morgan fingerprint density at radius 2 is 1.88 bits per heavy atom. The number of carbonyl (C=O) groups excluding carboxylic acids is 2. The molecule has 1 aliphatic rings. The van der Waals surface area contributed by atoms with E-state index in [4.69, 9.17) is 4.74 Å². The standard InChI is InChI=1S/C21H24N2O3/c1-15-2-7-18(8-3-15)19(24)9-10-20(25)22-12-17-6-11-21(23-13-17)26-14-16-4-5-16/h2-3,6-8,11,13,16H,4-5,9-10,12,14H2,1H3,(H,22,25). The molecule has 0 atom stereocenters. The number of pyridine rings is 1. The van der Waals surface area contributed by atoms with Crippen molar-refractivity contribution in [2.24, 2.45) is 5.92 Å². The van der Waals surface area contributed by atoms with Crippen molar-refractivity contribution in [3.8, 4) is 5.88 Å². The summed E-state index contributed by atoms with van der Waals surface area (Å²) in [4.78, 5) is 28.3. The van der Waals surface area contributed by atoms with Gasteiger partial charge in [0.2, 0.25) is 11.8 Å². The minimum atomic E-state index is -0.139. The van der Waals surface area contributed by atoms with Crippen molar-refractivity contribution >= 4 is 11.7 Å². The van der Waals surface area contributed by atoms with E-state index in [1.807, 2.05) is 31.2 Å². The first-order valence-electron chi connectivity index (χ1n) is 9.04. The fourth-order valence-corrected chi connectivity index (χ4v) is 2.49. The lowest BCUT2D eigenvalue weighted by molar-refractivity contribution is -0.121. The number of benzene rings is 1. The third-order valence-corrected chi connectivity index (χ3v) is 4.40. The van der Waals surface area contributed by atoms with Crippen LogP contribution in [0.4, 0.5) is 0 Å². The van der Waals surface area contributed by atoms with Crippen LogP contribution in [0.25, 0.3) is 0 Å². The molecular weight excluding hydrogens is 328 g/mol. The summed E-state index contributed by atoms with van der Waals surface area (Å²) in [5, 5.41) is 2.82. The van der Waals surface area contributed by atoms with Gasteiger partial charge in [-0.2, -0.15) is 0 Å². The molecule has 1 fully saturated rings. The molecule has 5 nitrogen and oxygen atoms in total. The maximum absolute atomic E-state index is 12.1. The van der Waals surface area contributed by atoms with Crippen molar-refractivity contribution in [1.29, 1.82) is 0 Å². The molecule has 0 spiro atoms. The normalized spacial score (nSPS) is 13.3. The molecule has 1 aromatic carbocycles. The maximum atomic E-state index is 12.1. The van der Waals surface area contributed by atoms with Crippen molar-refractivity contribution in [2.75, 3.05) is 6.61 Å². The van der Waals surface area contributed by atoms with Crippen LogP contribution in [0.5, 0.6) is 5.88 Å². The zero-order chi connectivity index (χ0) is 18.4. The van der Waals surface area contributed by atoms with Crippen LogP contribution in [0.15, 0.2) is 42.6 Å². The van der Waals surface area contributed by atoms with Crippen molar-refractivity contribution < 1.29 is 14.3 Å². The minimum absolute atomic E-state index is 0.0148. The molecule has 2 aromatic rings. The number of nitrogens with one attached hydrogen (secondary N) is 1. The second-order valence-corrected chi connectivity index (χ2v) is 6.82. The first-order chi connectivity index (χ1) is 12.6. The lowest BCUT2D eigenvalue weighted by Crippen LogP contribution is -2.23. The molecule has 3 rings (SSSR count). The Balaban J connectivity index is 1.37. The van der Waals surface area contributed by atoms with Crippen LogP contribution in [-0.2, 0) is 11.3 Å². The molecule has 0 aliphatic heterocycles. The second-order valence-electron chi connectivity index (χ2n) is 6.82. The predicted molar refractivity (Wildman–Crippen MR) is 99.0 cm³/mol. The number of amides is 1. The molecule has 1 amide bonds. The molecule has 26 heavy (non-hydrogen) atoms. The highest BCUT2D eigenvalue weighted by molar-refractivity contribution is 5.97. The van der Waals surface area contributed by atoms with Crippen LogP contribution in [0.2, 0.25) is 0 Å². The first-order valence-corrected chi connectivity index (χ1v) is 9.04. The van der Waals surface area contributed by atoms with E-state index in [1.165, 1.54) is 12.8 Å². The van der Waals surface area contributed by atoms with E-state index in [0.717, 1.165) is 17.7 Å². The number of ether oxygens (including phenoxy) is 1. The zero-order valence-electron chi connectivity index (χ0n) is 15.0. The van der Waals surface area contributed by atoms with E-state index in [1.54, 1.807) is 18.3 Å². The molecular formula is C21H24N2O3. The zero-order valence-corrected chi connectivity index (χ0v) is 15.0. The average molecular weight is 352 g/mol. The van der Waals surface area contributed by atoms with Crippen molar-refractivity contribution in [3.63, 3.8) is 0 Å². The molecule has 1 heterocycles. The van der Waals surface area contributed by atoms with Gasteiger partial charge in [0.05, 0.1) is 6.61 Å². The molecule has 1 aromatic heterocycles. The van der Waals surface area contributed by atoms with Crippen LogP contribution in [0.3, 0.4) is 0 Å². The van der Waals surface area contributed by atoms with E-state index < -0.39 is 0 Å². The van der Waals surface area contributed by atoms with Gasteiger partial charge in [-0.25, -0.2) is 4.98 Å². The van der Waals surface area contributed by atoms with Gasteiger partial charge in [-0.05, 0) is 31.2 Å². The minimum Gasteiger partial charge on any atom is -0.477 e. The summed E-state index contributed by atoms with van der Waals surface area (Å²) in [7, 11) is 0. The number of ketones is 1. The maximum Gasteiger partial charge on any atom is 0.220 e. The van der Waals surface area contributed by atoms with Crippen LogP contribution >= 0.6 is 0 Å². The van der Waals surface area contributed by atoms with Gasteiger partial charge in [0.15, 0.2) is 5.78 Å². The van der Waals surface area contributed by atoms with Gasteiger partial charge in [-0.1, -0.05) is 35.9 Å². The molecule has 1 saturated carbocycles. The van der Waals surface area contributed by atoms with Gasteiger partial charge in [0.25, 0.3) is 0 Å². The summed E-state index contributed by atoms with van der Waals surface area (Å²) in [5.41, 5.74) is 2.66. The molecule has 1 N–H and O–H groups in total. The van der Waals surface area contributed by atoms with E-state index >= 15 is 0 Å². The SMILES string of the molecule is Cc1ccc(C(=O)CCC(=O)NCc2ccc(OCC3CC3)nc2)cc1. The molecule has 136 valence electrons. The van der Waals surface area contributed by atoms with Crippen LogP contribution < -0.4 is 10.1 Å². The summed E-state index contributed by atoms with van der Waals surface area (Å²) in [6, 6.07) is 11.1. The average Bonchev–Trinajstić information content (AvgIpc) is 3.48. The van der Waals surface area contributed by atoms with Gasteiger partial charge < -0.3 is 10.1 Å². The van der Waals surface area contributed by atoms with Crippen LogP contribution in [-0.4, -0.2) is 23.3 Å². The Morgan fingerprint density at radius 1 is 1.12 bits per heavy atom. The van der Waals surface area contributed by atoms with Crippen molar-refractivity contribution in [3.05, 3.63) is 59.3 Å². The van der Waals surface area contributed by atoms with Gasteiger partial charge in [0, 0.05) is 37.2 Å². The summed E-state index contributed by atoms with van der Waals surface area (Å²) < 4.78 is 5.59. The fourth-order valence-electron chi connectivity index (χ4n) is 2.49. The highest BCUT2D eigenvalue weighted by Crippen LogP contribution is 2.29. The van der Waals surface area contributed by atoms with Crippen LogP contribution in [0.1, 0.15) is 47.2 Å². The second kappa shape index (κ2) is 8.61. The number of rotatable bonds is 9. The summed E-state index contributed by atoms with van der Waals surface area (Å²) in [6.45, 7) is 3.11. The van der Waals surface area contributed by atoms with Crippen molar-refractivity contribution in [1.82, 2.24) is 10.3 Å². The van der Waals surface area contributed by atoms with Crippen molar-refractivity contribution in [2.45, 2.75) is 39.2 Å². The Labute approximate surface area is 153 Å². The highest BCUT2D eigenvalue weighted by atomic mass is 16.5. The van der Waals surface area contributed by atoms with Gasteiger partial charge in [-0.3, -0.25) is 9.59 Å². The topological polar surface area (TPSA) is 68.3 Å². The molecule has 0 unspecified atom stereocenters. The Morgan fingerprint density at radius 3 is 2.54 bits per heavy atom. The number of hydrogen-bond donors (Lipinski definition) is 1. The summed E-state index contributed by atoms with van der Waals surface area (Å²) in [5.74, 6) is 1.16. The molecule has 0 radical (unpaired) electrons. The smallest absolute Gasteiger partial charge is 0.220 e. The third kappa shape index (κ3) is 5.69. The highest BCUT2D eigenvalue weighted by Gasteiger charge is 2.22. The first kappa shape index (κ1) is 18.1. The summed E-state index contributed by atoms with van der Waals surface area (Å²) in [6.07, 6.45) is 4.59. The Hall–Kier alpha value is -2.69. The quantitative estimate of drug-likeness (QED) is 0.702.